The van der Waals surface area contributed by atoms with Crippen LogP contribution in [0.2, 0.25) is 15.1 Å². The van der Waals surface area contributed by atoms with Gasteiger partial charge in [0.05, 0.1) is 11.9 Å². The molecular formula is C23H28Cl3N3O4S. The number of rotatable bonds is 11. The molecule has 0 saturated heterocycles. The van der Waals surface area contributed by atoms with Gasteiger partial charge in [-0.2, -0.15) is 0 Å². The Morgan fingerprint density at radius 2 is 1.62 bits per heavy atom. The number of carbonyl (C=O) groups is 2. The number of sulfonamides is 1. The van der Waals surface area contributed by atoms with E-state index in [2.05, 4.69) is 5.32 Å². The van der Waals surface area contributed by atoms with Crippen molar-refractivity contribution in [3.05, 3.63) is 63.1 Å². The summed E-state index contributed by atoms with van der Waals surface area (Å²) in [6.07, 6.45) is 1.36. The van der Waals surface area contributed by atoms with Crippen molar-refractivity contribution in [2.75, 3.05) is 23.7 Å². The first-order chi connectivity index (χ1) is 16.0. The molecule has 0 radical (unpaired) electrons. The molecule has 2 aromatic carbocycles. The second-order valence-corrected chi connectivity index (χ2v) is 10.9. The van der Waals surface area contributed by atoms with E-state index in [0.717, 1.165) is 6.26 Å². The standard InChI is InChI=1S/C23H28Cl3N3O4S/c1-4-27-23(31)16(2)28(15-19-20(25)7-5-8-21(19)26)22(30)9-6-14-29(34(3,32)33)18-12-10-17(24)11-13-18/h5,7-8,10-13,16H,4,6,9,14-15H2,1-3H3,(H,27,31)/t16-/m0/s1. The number of likely N-dealkylation sites (N-methyl/N-ethyl adjacent to an activating group) is 1. The van der Waals surface area contributed by atoms with Gasteiger partial charge in [0.2, 0.25) is 21.8 Å². The minimum atomic E-state index is -3.58. The molecule has 2 aromatic rings. The Balaban J connectivity index is 2.20. The summed E-state index contributed by atoms with van der Waals surface area (Å²) in [5.74, 6) is -0.628. The molecule has 0 spiro atoms. The van der Waals surface area contributed by atoms with Crippen LogP contribution >= 0.6 is 34.8 Å². The van der Waals surface area contributed by atoms with E-state index in [9.17, 15) is 18.0 Å². The Morgan fingerprint density at radius 3 is 2.15 bits per heavy atom. The SMILES string of the molecule is CCNC(=O)[C@H](C)N(Cc1c(Cl)cccc1Cl)C(=O)CCCN(c1ccc(Cl)cc1)S(C)(=O)=O. The lowest BCUT2D eigenvalue weighted by atomic mass is 10.1. The van der Waals surface area contributed by atoms with Gasteiger partial charge in [0.1, 0.15) is 6.04 Å². The molecule has 0 saturated carbocycles. The lowest BCUT2D eigenvalue weighted by Crippen LogP contribution is -2.47. The van der Waals surface area contributed by atoms with Crippen molar-refractivity contribution < 1.29 is 18.0 Å². The van der Waals surface area contributed by atoms with Gasteiger partial charge in [-0.15, -0.1) is 0 Å². The molecule has 1 N–H and O–H groups in total. The van der Waals surface area contributed by atoms with E-state index in [4.69, 9.17) is 34.8 Å². The summed E-state index contributed by atoms with van der Waals surface area (Å²) in [5, 5.41) is 3.98. The summed E-state index contributed by atoms with van der Waals surface area (Å²) in [6.45, 7) is 3.97. The normalized spacial score (nSPS) is 12.2. The fourth-order valence-electron chi connectivity index (χ4n) is 3.37. The van der Waals surface area contributed by atoms with Gasteiger partial charge < -0.3 is 10.2 Å². The number of nitrogens with one attached hydrogen (secondary N) is 1. The molecule has 0 aromatic heterocycles. The molecule has 34 heavy (non-hydrogen) atoms. The average molecular weight is 549 g/mol. The van der Waals surface area contributed by atoms with Crippen LogP contribution in [-0.4, -0.2) is 50.5 Å². The first-order valence-electron chi connectivity index (χ1n) is 10.7. The first kappa shape index (κ1) is 28.2. The number of anilines is 1. The Morgan fingerprint density at radius 1 is 1.03 bits per heavy atom. The number of carbonyl (C=O) groups excluding carboxylic acids is 2. The molecule has 0 aliphatic rings. The Labute approximate surface area is 216 Å². The first-order valence-corrected chi connectivity index (χ1v) is 13.7. The third-order valence-electron chi connectivity index (χ3n) is 5.18. The second kappa shape index (κ2) is 12.6. The molecule has 2 rings (SSSR count). The van der Waals surface area contributed by atoms with Crippen molar-refractivity contribution in [2.24, 2.45) is 0 Å². The minimum absolute atomic E-state index is 0.0193. The molecule has 0 heterocycles. The quantitative estimate of drug-likeness (QED) is 0.439. The predicted octanol–water partition coefficient (Wildman–Crippen LogP) is 4.75. The monoisotopic (exact) mass is 547 g/mol. The zero-order valence-electron chi connectivity index (χ0n) is 19.2. The smallest absolute Gasteiger partial charge is 0.242 e. The van der Waals surface area contributed by atoms with Crippen molar-refractivity contribution >= 4 is 62.3 Å². The van der Waals surface area contributed by atoms with Crippen LogP contribution in [0.3, 0.4) is 0 Å². The van der Waals surface area contributed by atoms with Crippen molar-refractivity contribution in [1.29, 1.82) is 0 Å². The molecule has 186 valence electrons. The molecule has 0 aliphatic carbocycles. The van der Waals surface area contributed by atoms with Crippen molar-refractivity contribution in [3.8, 4) is 0 Å². The molecule has 0 aliphatic heterocycles. The predicted molar refractivity (Wildman–Crippen MR) is 138 cm³/mol. The Hall–Kier alpha value is -2.00. The van der Waals surface area contributed by atoms with Crippen LogP contribution in [0.15, 0.2) is 42.5 Å². The zero-order valence-corrected chi connectivity index (χ0v) is 22.3. The van der Waals surface area contributed by atoms with Crippen molar-refractivity contribution in [3.63, 3.8) is 0 Å². The highest BCUT2D eigenvalue weighted by Crippen LogP contribution is 2.27. The fraction of sp³-hybridized carbons (Fsp3) is 0.391. The maximum atomic E-state index is 13.2. The number of amides is 2. The molecular weight excluding hydrogens is 521 g/mol. The highest BCUT2D eigenvalue weighted by molar-refractivity contribution is 7.92. The summed E-state index contributed by atoms with van der Waals surface area (Å²) in [6, 6.07) is 10.7. The lowest BCUT2D eigenvalue weighted by Gasteiger charge is -2.30. The van der Waals surface area contributed by atoms with Crippen LogP contribution in [-0.2, 0) is 26.2 Å². The molecule has 0 bridgehead atoms. The molecule has 0 fully saturated rings. The largest absolute Gasteiger partial charge is 0.355 e. The summed E-state index contributed by atoms with van der Waals surface area (Å²) in [7, 11) is -3.58. The number of nitrogens with zero attached hydrogens (tertiary/aromatic N) is 2. The van der Waals surface area contributed by atoms with Gasteiger partial charge in [0.15, 0.2) is 0 Å². The van der Waals surface area contributed by atoms with E-state index in [1.807, 2.05) is 0 Å². The number of halogens is 3. The van der Waals surface area contributed by atoms with E-state index in [1.54, 1.807) is 56.3 Å². The number of benzene rings is 2. The lowest BCUT2D eigenvalue weighted by molar-refractivity contribution is -0.140. The van der Waals surface area contributed by atoms with Crippen LogP contribution in [0.5, 0.6) is 0 Å². The van der Waals surface area contributed by atoms with E-state index < -0.39 is 16.1 Å². The highest BCUT2D eigenvalue weighted by Gasteiger charge is 2.27. The number of hydrogen-bond donors (Lipinski definition) is 1. The van der Waals surface area contributed by atoms with E-state index >= 15 is 0 Å². The Kier molecular flexibility index (Phi) is 10.5. The molecule has 0 unspecified atom stereocenters. The van der Waals surface area contributed by atoms with Crippen LogP contribution in [0.25, 0.3) is 0 Å². The minimum Gasteiger partial charge on any atom is -0.355 e. The molecule has 2 amide bonds. The van der Waals surface area contributed by atoms with Gasteiger partial charge in [0, 0.05) is 46.7 Å². The van der Waals surface area contributed by atoms with Crippen molar-refractivity contribution in [2.45, 2.75) is 39.3 Å². The topological polar surface area (TPSA) is 86.8 Å². The van der Waals surface area contributed by atoms with Crippen LogP contribution in [0.4, 0.5) is 5.69 Å². The number of hydrogen-bond acceptors (Lipinski definition) is 4. The van der Waals surface area contributed by atoms with Gasteiger partial charge in [-0.3, -0.25) is 13.9 Å². The summed E-state index contributed by atoms with van der Waals surface area (Å²) in [4.78, 5) is 27.1. The van der Waals surface area contributed by atoms with E-state index in [1.165, 1.54) is 9.21 Å². The zero-order chi connectivity index (χ0) is 25.5. The molecule has 1 atom stereocenters. The van der Waals surface area contributed by atoms with Gasteiger partial charge >= 0.3 is 0 Å². The fourth-order valence-corrected chi connectivity index (χ4v) is 4.98. The average Bonchev–Trinajstić information content (AvgIpc) is 2.76. The van der Waals surface area contributed by atoms with Crippen LogP contribution in [0.1, 0.15) is 32.3 Å². The maximum Gasteiger partial charge on any atom is 0.242 e. The Bertz CT molecular complexity index is 1090. The summed E-state index contributed by atoms with van der Waals surface area (Å²) in [5.41, 5.74) is 0.990. The van der Waals surface area contributed by atoms with Crippen LogP contribution in [0, 0.1) is 0 Å². The summed E-state index contributed by atoms with van der Waals surface area (Å²) < 4.78 is 25.9. The van der Waals surface area contributed by atoms with Gasteiger partial charge in [-0.25, -0.2) is 8.42 Å². The third kappa shape index (κ3) is 7.77. The maximum absolute atomic E-state index is 13.2. The molecule has 7 nitrogen and oxygen atoms in total. The summed E-state index contributed by atoms with van der Waals surface area (Å²) >= 11 is 18.5. The van der Waals surface area contributed by atoms with Gasteiger partial charge in [-0.05, 0) is 56.7 Å². The molecule has 11 heteroatoms. The van der Waals surface area contributed by atoms with Gasteiger partial charge in [0.25, 0.3) is 0 Å². The van der Waals surface area contributed by atoms with Crippen molar-refractivity contribution in [1.82, 2.24) is 10.2 Å². The third-order valence-corrected chi connectivity index (χ3v) is 7.33. The highest BCUT2D eigenvalue weighted by atomic mass is 35.5. The van der Waals surface area contributed by atoms with E-state index in [-0.39, 0.29) is 37.7 Å². The van der Waals surface area contributed by atoms with Crippen LogP contribution < -0.4 is 9.62 Å². The van der Waals surface area contributed by atoms with Gasteiger partial charge in [-0.1, -0.05) is 40.9 Å². The second-order valence-electron chi connectivity index (χ2n) is 7.71. The van der Waals surface area contributed by atoms with E-state index in [0.29, 0.717) is 32.9 Å².